The van der Waals surface area contributed by atoms with Crippen LogP contribution in [0.2, 0.25) is 0 Å². The molecule has 18 heavy (non-hydrogen) atoms. The second-order valence-corrected chi connectivity index (χ2v) is 4.32. The topological polar surface area (TPSA) is 110 Å². The Kier molecular flexibility index (Phi) is 3.63. The van der Waals surface area contributed by atoms with Crippen molar-refractivity contribution in [3.05, 3.63) is 28.5 Å². The Balaban J connectivity index is 1.85. The first-order valence-electron chi connectivity index (χ1n) is 4.92. The molecule has 0 aromatic carbocycles. The fourth-order valence-electron chi connectivity index (χ4n) is 1.19. The van der Waals surface area contributed by atoms with E-state index in [0.29, 0.717) is 6.54 Å². The van der Waals surface area contributed by atoms with E-state index in [1.165, 1.54) is 22.2 Å². The summed E-state index contributed by atoms with van der Waals surface area (Å²) < 4.78 is 1.17. The highest BCUT2D eigenvalue weighted by atomic mass is 32.1. The Morgan fingerprint density at radius 2 is 2.33 bits per heavy atom. The van der Waals surface area contributed by atoms with Gasteiger partial charge in [0.25, 0.3) is 0 Å². The van der Waals surface area contributed by atoms with E-state index in [1.54, 1.807) is 11.7 Å². The Hall–Kier alpha value is -2.29. The number of carboxylic acids is 1. The van der Waals surface area contributed by atoms with Crippen LogP contribution >= 0.6 is 11.3 Å². The van der Waals surface area contributed by atoms with Crippen LogP contribution in [0, 0.1) is 0 Å². The lowest BCUT2D eigenvalue weighted by molar-refractivity contribution is -0.122. The SMILES string of the molecule is O=C(Cn1cc(C(=O)O)nn1)NCc1cncs1. The molecule has 0 aliphatic heterocycles. The molecule has 0 aliphatic carbocycles. The first-order valence-corrected chi connectivity index (χ1v) is 5.80. The molecule has 2 aromatic rings. The third kappa shape index (κ3) is 3.10. The lowest BCUT2D eigenvalue weighted by atomic mass is 10.5. The van der Waals surface area contributed by atoms with Crippen LogP contribution in [0.1, 0.15) is 15.4 Å². The molecular weight excluding hydrogens is 258 g/mol. The first-order chi connectivity index (χ1) is 8.65. The minimum atomic E-state index is -1.17. The second-order valence-electron chi connectivity index (χ2n) is 3.35. The molecule has 94 valence electrons. The predicted molar refractivity (Wildman–Crippen MR) is 60.9 cm³/mol. The van der Waals surface area contributed by atoms with E-state index < -0.39 is 5.97 Å². The number of carboxylic acid groups (broad SMARTS) is 1. The highest BCUT2D eigenvalue weighted by molar-refractivity contribution is 7.09. The van der Waals surface area contributed by atoms with Gasteiger partial charge in [0.05, 0.1) is 18.3 Å². The van der Waals surface area contributed by atoms with Gasteiger partial charge in [-0.25, -0.2) is 9.48 Å². The van der Waals surface area contributed by atoms with E-state index in [1.807, 2.05) is 0 Å². The van der Waals surface area contributed by atoms with Crippen LogP contribution in [0.25, 0.3) is 0 Å². The predicted octanol–water partition coefficient (Wildman–Crippen LogP) is -0.251. The number of nitrogens with zero attached hydrogens (tertiary/aromatic N) is 4. The standard InChI is InChI=1S/C9H9N5O3S/c15-8(11-2-6-1-10-5-18-6)4-14-3-7(9(16)17)12-13-14/h1,3,5H,2,4H2,(H,11,15)(H,16,17). The van der Waals surface area contributed by atoms with E-state index in [4.69, 9.17) is 5.11 Å². The van der Waals surface area contributed by atoms with Gasteiger partial charge in [0.1, 0.15) is 6.54 Å². The summed E-state index contributed by atoms with van der Waals surface area (Å²) in [4.78, 5) is 26.9. The van der Waals surface area contributed by atoms with Crippen molar-refractivity contribution in [3.8, 4) is 0 Å². The number of thiazole rings is 1. The monoisotopic (exact) mass is 267 g/mol. The van der Waals surface area contributed by atoms with E-state index in [9.17, 15) is 9.59 Å². The van der Waals surface area contributed by atoms with E-state index in [0.717, 1.165) is 4.88 Å². The van der Waals surface area contributed by atoms with Crippen LogP contribution in [0.5, 0.6) is 0 Å². The molecule has 0 saturated heterocycles. The lowest BCUT2D eigenvalue weighted by Gasteiger charge is -2.02. The Morgan fingerprint density at radius 3 is 2.94 bits per heavy atom. The van der Waals surface area contributed by atoms with E-state index in [-0.39, 0.29) is 18.1 Å². The summed E-state index contributed by atoms with van der Waals surface area (Å²) in [5.41, 5.74) is 1.49. The molecule has 8 nitrogen and oxygen atoms in total. The zero-order valence-corrected chi connectivity index (χ0v) is 9.92. The number of rotatable bonds is 5. The van der Waals surface area contributed by atoms with E-state index in [2.05, 4.69) is 20.6 Å². The van der Waals surface area contributed by atoms with Crippen molar-refractivity contribution in [2.75, 3.05) is 0 Å². The Labute approximate surface area is 105 Å². The average Bonchev–Trinajstić information content (AvgIpc) is 2.96. The third-order valence-corrected chi connectivity index (χ3v) is 2.79. The number of hydrogen-bond donors (Lipinski definition) is 2. The van der Waals surface area contributed by atoms with Crippen LogP contribution in [-0.2, 0) is 17.9 Å². The summed E-state index contributed by atoms with van der Waals surface area (Å²) in [7, 11) is 0. The third-order valence-electron chi connectivity index (χ3n) is 2.01. The molecule has 2 rings (SSSR count). The second kappa shape index (κ2) is 5.36. The summed E-state index contributed by atoms with van der Waals surface area (Å²) in [5, 5.41) is 18.2. The lowest BCUT2D eigenvalue weighted by Crippen LogP contribution is -2.27. The van der Waals surface area contributed by atoms with Gasteiger partial charge >= 0.3 is 5.97 Å². The quantitative estimate of drug-likeness (QED) is 0.773. The van der Waals surface area contributed by atoms with Crippen molar-refractivity contribution in [3.63, 3.8) is 0 Å². The number of hydrogen-bond acceptors (Lipinski definition) is 6. The number of aromatic nitrogens is 4. The van der Waals surface area contributed by atoms with Crippen molar-refractivity contribution in [1.29, 1.82) is 0 Å². The van der Waals surface area contributed by atoms with Crippen LogP contribution in [0.4, 0.5) is 0 Å². The molecule has 0 spiro atoms. The number of amides is 1. The Morgan fingerprint density at radius 1 is 1.50 bits per heavy atom. The fraction of sp³-hybridized carbons (Fsp3) is 0.222. The maximum atomic E-state index is 11.5. The van der Waals surface area contributed by atoms with Gasteiger partial charge in [-0.05, 0) is 0 Å². The van der Waals surface area contributed by atoms with E-state index >= 15 is 0 Å². The zero-order valence-electron chi connectivity index (χ0n) is 9.11. The van der Waals surface area contributed by atoms with Gasteiger partial charge in [-0.3, -0.25) is 9.78 Å². The molecular formula is C9H9N5O3S. The first kappa shape index (κ1) is 12.2. The highest BCUT2D eigenvalue weighted by Crippen LogP contribution is 2.04. The van der Waals surface area contributed by atoms with Crippen LogP contribution < -0.4 is 5.32 Å². The van der Waals surface area contributed by atoms with Crippen molar-refractivity contribution < 1.29 is 14.7 Å². The molecule has 0 bridgehead atoms. The van der Waals surface area contributed by atoms with Gasteiger partial charge in [0.15, 0.2) is 5.69 Å². The van der Waals surface area contributed by atoms with Gasteiger partial charge in [-0.1, -0.05) is 5.21 Å². The van der Waals surface area contributed by atoms with Crippen molar-refractivity contribution in [2.45, 2.75) is 13.1 Å². The summed E-state index contributed by atoms with van der Waals surface area (Å²) >= 11 is 1.44. The van der Waals surface area contributed by atoms with Crippen LogP contribution in [0.15, 0.2) is 17.9 Å². The maximum absolute atomic E-state index is 11.5. The summed E-state index contributed by atoms with van der Waals surface area (Å²) in [6.45, 7) is 0.322. The zero-order chi connectivity index (χ0) is 13.0. The Bertz CT molecular complexity index is 550. The molecule has 2 heterocycles. The molecule has 0 aliphatic rings. The van der Waals surface area contributed by atoms with Gasteiger partial charge in [-0.15, -0.1) is 16.4 Å². The number of nitrogens with one attached hydrogen (secondary N) is 1. The average molecular weight is 267 g/mol. The van der Waals surface area contributed by atoms with Gasteiger partial charge < -0.3 is 10.4 Å². The largest absolute Gasteiger partial charge is 0.476 e. The highest BCUT2D eigenvalue weighted by Gasteiger charge is 2.10. The number of carbonyl (C=O) groups is 2. The molecule has 2 aromatic heterocycles. The molecule has 9 heteroatoms. The van der Waals surface area contributed by atoms with Crippen molar-refractivity contribution >= 4 is 23.2 Å². The van der Waals surface area contributed by atoms with Crippen molar-refractivity contribution in [1.82, 2.24) is 25.3 Å². The molecule has 0 unspecified atom stereocenters. The van der Waals surface area contributed by atoms with Crippen molar-refractivity contribution in [2.24, 2.45) is 0 Å². The summed E-state index contributed by atoms with van der Waals surface area (Å²) in [6, 6.07) is 0. The minimum Gasteiger partial charge on any atom is -0.476 e. The molecule has 1 amide bonds. The molecule has 0 atom stereocenters. The number of carbonyl (C=O) groups excluding carboxylic acids is 1. The smallest absolute Gasteiger partial charge is 0.358 e. The van der Waals surface area contributed by atoms with Crippen LogP contribution in [-0.4, -0.2) is 37.0 Å². The summed E-state index contributed by atoms with van der Waals surface area (Å²) in [6.07, 6.45) is 2.87. The summed E-state index contributed by atoms with van der Waals surface area (Å²) in [5.74, 6) is -1.45. The van der Waals surface area contributed by atoms with Gasteiger partial charge in [-0.2, -0.15) is 0 Å². The molecule has 2 N–H and O–H groups in total. The van der Waals surface area contributed by atoms with Crippen LogP contribution in [0.3, 0.4) is 0 Å². The van der Waals surface area contributed by atoms with Gasteiger partial charge in [0.2, 0.25) is 5.91 Å². The molecule has 0 fully saturated rings. The normalized spacial score (nSPS) is 10.2. The maximum Gasteiger partial charge on any atom is 0.358 e. The fourth-order valence-corrected chi connectivity index (χ4v) is 1.73. The number of aromatic carboxylic acids is 1. The van der Waals surface area contributed by atoms with Gasteiger partial charge in [0, 0.05) is 11.1 Å². The minimum absolute atomic E-state index is 0.0704. The molecule has 0 radical (unpaired) electrons. The molecule has 0 saturated carbocycles.